The number of aliphatic hydroxyl groups excluding tert-OH is 1. The molecule has 2 heteroatoms. The van der Waals surface area contributed by atoms with Gasteiger partial charge in [0.25, 0.3) is 0 Å². The number of rotatable bonds is 6. The molecule has 1 aliphatic rings. The highest BCUT2D eigenvalue weighted by Crippen LogP contribution is 2.28. The molecule has 0 amide bonds. The molecule has 0 spiro atoms. The second kappa shape index (κ2) is 5.46. The maximum absolute atomic E-state index is 9.38. The van der Waals surface area contributed by atoms with Crippen LogP contribution in [0.5, 0.6) is 0 Å². The molecule has 1 unspecified atom stereocenters. The third-order valence-electron chi connectivity index (χ3n) is 3.32. The lowest BCUT2D eigenvalue weighted by Crippen LogP contribution is -2.26. The highest BCUT2D eigenvalue weighted by molar-refractivity contribution is 5.25. The van der Waals surface area contributed by atoms with Crippen LogP contribution in [0.15, 0.2) is 24.3 Å². The van der Waals surface area contributed by atoms with E-state index in [4.69, 9.17) is 0 Å². The van der Waals surface area contributed by atoms with Crippen LogP contribution in [-0.2, 0) is 6.42 Å². The first-order valence-corrected chi connectivity index (χ1v) is 6.26. The number of nitrogens with one attached hydrogen (secondary N) is 1. The Bertz CT molecular complexity index is 316. The molecule has 1 aromatic rings. The van der Waals surface area contributed by atoms with E-state index in [2.05, 4.69) is 36.5 Å². The van der Waals surface area contributed by atoms with Gasteiger partial charge in [0.1, 0.15) is 0 Å². The molecule has 0 aromatic heterocycles. The van der Waals surface area contributed by atoms with Gasteiger partial charge in [-0.15, -0.1) is 0 Å². The molecule has 2 nitrogen and oxygen atoms in total. The summed E-state index contributed by atoms with van der Waals surface area (Å²) in [5.41, 5.74) is 2.54. The topological polar surface area (TPSA) is 32.3 Å². The smallest absolute Gasteiger partial charge is 0.0626 e. The molecule has 0 saturated heterocycles. The van der Waals surface area contributed by atoms with Gasteiger partial charge in [-0.3, -0.25) is 0 Å². The summed E-state index contributed by atoms with van der Waals surface area (Å²) in [6.07, 6.45) is 3.76. The third kappa shape index (κ3) is 3.06. The van der Waals surface area contributed by atoms with Gasteiger partial charge < -0.3 is 10.4 Å². The lowest BCUT2D eigenvalue weighted by molar-refractivity contribution is 0.243. The van der Waals surface area contributed by atoms with Crippen molar-refractivity contribution < 1.29 is 5.11 Å². The molecule has 1 atom stereocenters. The molecular formula is C14H21NO. The van der Waals surface area contributed by atoms with Crippen LogP contribution < -0.4 is 5.32 Å². The Hall–Kier alpha value is -0.860. The van der Waals surface area contributed by atoms with Crippen molar-refractivity contribution in [2.24, 2.45) is 5.92 Å². The zero-order chi connectivity index (χ0) is 11.4. The van der Waals surface area contributed by atoms with Gasteiger partial charge in [0.05, 0.1) is 12.6 Å². The van der Waals surface area contributed by atoms with E-state index >= 15 is 0 Å². The molecule has 1 saturated carbocycles. The van der Waals surface area contributed by atoms with Gasteiger partial charge in [0, 0.05) is 0 Å². The Balaban J connectivity index is 1.94. The second-order valence-corrected chi connectivity index (χ2v) is 4.68. The van der Waals surface area contributed by atoms with E-state index in [0.717, 1.165) is 18.9 Å². The molecule has 1 aromatic carbocycles. The van der Waals surface area contributed by atoms with Crippen LogP contribution in [0.3, 0.4) is 0 Å². The summed E-state index contributed by atoms with van der Waals surface area (Å²) < 4.78 is 0. The van der Waals surface area contributed by atoms with Gasteiger partial charge >= 0.3 is 0 Å². The monoisotopic (exact) mass is 219 g/mol. The Kier molecular flexibility index (Phi) is 3.97. The van der Waals surface area contributed by atoms with Crippen molar-refractivity contribution >= 4 is 0 Å². The van der Waals surface area contributed by atoms with Crippen LogP contribution in [0.2, 0.25) is 0 Å². The van der Waals surface area contributed by atoms with Gasteiger partial charge in [0.2, 0.25) is 0 Å². The summed E-state index contributed by atoms with van der Waals surface area (Å²) in [4.78, 5) is 0. The van der Waals surface area contributed by atoms with Gasteiger partial charge in [-0.25, -0.2) is 0 Å². The molecule has 1 fully saturated rings. The first kappa shape index (κ1) is 11.6. The minimum atomic E-state index is 0.103. The molecule has 2 N–H and O–H groups in total. The molecule has 0 radical (unpaired) electrons. The minimum absolute atomic E-state index is 0.103. The highest BCUT2D eigenvalue weighted by atomic mass is 16.3. The highest BCUT2D eigenvalue weighted by Gasteiger charge is 2.22. The Morgan fingerprint density at radius 3 is 2.50 bits per heavy atom. The predicted molar refractivity (Wildman–Crippen MR) is 66.4 cm³/mol. The standard InChI is InChI=1S/C14H21NO/c1-2-11-5-7-13(8-6-11)14(10-16)15-9-12-3-4-12/h5-8,12,14-16H,2-4,9-10H2,1H3. The summed E-state index contributed by atoms with van der Waals surface area (Å²) in [5, 5.41) is 12.8. The quantitative estimate of drug-likeness (QED) is 0.769. The Labute approximate surface area is 97.7 Å². The molecule has 0 aliphatic heterocycles. The fraction of sp³-hybridized carbons (Fsp3) is 0.571. The zero-order valence-electron chi connectivity index (χ0n) is 9.95. The summed E-state index contributed by atoms with van der Waals surface area (Å²) in [6, 6.07) is 8.65. The fourth-order valence-electron chi connectivity index (χ4n) is 1.90. The fourth-order valence-corrected chi connectivity index (χ4v) is 1.90. The van der Waals surface area contributed by atoms with Crippen molar-refractivity contribution in [2.45, 2.75) is 32.2 Å². The molecular weight excluding hydrogens is 198 g/mol. The van der Waals surface area contributed by atoms with E-state index in [1.165, 1.54) is 24.0 Å². The molecule has 0 bridgehead atoms. The van der Waals surface area contributed by atoms with Crippen LogP contribution in [-0.4, -0.2) is 18.3 Å². The van der Waals surface area contributed by atoms with Crippen LogP contribution in [0.25, 0.3) is 0 Å². The lowest BCUT2D eigenvalue weighted by Gasteiger charge is -2.16. The van der Waals surface area contributed by atoms with Gasteiger partial charge in [0.15, 0.2) is 0 Å². The maximum atomic E-state index is 9.38. The normalized spacial score (nSPS) is 17.4. The second-order valence-electron chi connectivity index (χ2n) is 4.68. The van der Waals surface area contributed by atoms with Crippen LogP contribution in [0, 0.1) is 5.92 Å². The van der Waals surface area contributed by atoms with Crippen molar-refractivity contribution in [3.63, 3.8) is 0 Å². The summed E-state index contributed by atoms with van der Waals surface area (Å²) in [6.45, 7) is 3.38. The summed E-state index contributed by atoms with van der Waals surface area (Å²) in [7, 11) is 0. The molecule has 88 valence electrons. The molecule has 1 aliphatic carbocycles. The summed E-state index contributed by atoms with van der Waals surface area (Å²) >= 11 is 0. The van der Waals surface area contributed by atoms with Crippen LogP contribution in [0.4, 0.5) is 0 Å². The van der Waals surface area contributed by atoms with Crippen molar-refractivity contribution in [1.29, 1.82) is 0 Å². The van der Waals surface area contributed by atoms with E-state index in [-0.39, 0.29) is 12.6 Å². The van der Waals surface area contributed by atoms with E-state index in [1.807, 2.05) is 0 Å². The first-order valence-electron chi connectivity index (χ1n) is 6.26. The zero-order valence-corrected chi connectivity index (χ0v) is 9.95. The third-order valence-corrected chi connectivity index (χ3v) is 3.32. The van der Waals surface area contributed by atoms with E-state index in [0.29, 0.717) is 0 Å². The first-order chi connectivity index (χ1) is 7.83. The molecule has 2 rings (SSSR count). The number of aliphatic hydroxyl groups is 1. The van der Waals surface area contributed by atoms with Crippen molar-refractivity contribution in [3.8, 4) is 0 Å². The number of benzene rings is 1. The van der Waals surface area contributed by atoms with Gasteiger partial charge in [-0.2, -0.15) is 0 Å². The van der Waals surface area contributed by atoms with Crippen molar-refractivity contribution in [2.75, 3.05) is 13.2 Å². The van der Waals surface area contributed by atoms with E-state index in [1.54, 1.807) is 0 Å². The SMILES string of the molecule is CCc1ccc(C(CO)NCC2CC2)cc1. The van der Waals surface area contributed by atoms with E-state index < -0.39 is 0 Å². The number of aryl methyl sites for hydroxylation is 1. The average Bonchev–Trinajstić information content (AvgIpc) is 3.15. The van der Waals surface area contributed by atoms with Crippen LogP contribution >= 0.6 is 0 Å². The van der Waals surface area contributed by atoms with Crippen molar-refractivity contribution in [1.82, 2.24) is 5.32 Å². The van der Waals surface area contributed by atoms with Crippen LogP contribution in [0.1, 0.15) is 36.9 Å². The predicted octanol–water partition coefficient (Wildman–Crippen LogP) is 2.28. The number of hydrogen-bond donors (Lipinski definition) is 2. The minimum Gasteiger partial charge on any atom is -0.394 e. The van der Waals surface area contributed by atoms with E-state index in [9.17, 15) is 5.11 Å². The number of hydrogen-bond acceptors (Lipinski definition) is 2. The average molecular weight is 219 g/mol. The molecule has 0 heterocycles. The van der Waals surface area contributed by atoms with Crippen molar-refractivity contribution in [3.05, 3.63) is 35.4 Å². The molecule has 16 heavy (non-hydrogen) atoms. The van der Waals surface area contributed by atoms with Gasteiger partial charge in [-0.05, 0) is 42.9 Å². The lowest BCUT2D eigenvalue weighted by atomic mass is 10.0. The maximum Gasteiger partial charge on any atom is 0.0626 e. The summed E-state index contributed by atoms with van der Waals surface area (Å²) in [5.74, 6) is 0.851. The van der Waals surface area contributed by atoms with Gasteiger partial charge in [-0.1, -0.05) is 31.2 Å². The Morgan fingerprint density at radius 2 is 2.00 bits per heavy atom. The Morgan fingerprint density at radius 1 is 1.31 bits per heavy atom. The largest absolute Gasteiger partial charge is 0.394 e.